The van der Waals surface area contributed by atoms with Crippen molar-refractivity contribution in [2.75, 3.05) is 0 Å². The molecule has 1 aromatic heterocycles. The zero-order chi connectivity index (χ0) is 17.6. The minimum absolute atomic E-state index is 0.0701. The van der Waals surface area contributed by atoms with Gasteiger partial charge in [0.2, 0.25) is 5.78 Å². The van der Waals surface area contributed by atoms with E-state index in [4.69, 9.17) is 15.3 Å². The molecule has 0 saturated carbocycles. The summed E-state index contributed by atoms with van der Waals surface area (Å²) in [6, 6.07) is 7.47. The first-order valence-corrected chi connectivity index (χ1v) is 6.50. The van der Waals surface area contributed by atoms with Crippen LogP contribution < -0.4 is 0 Å². The van der Waals surface area contributed by atoms with Gasteiger partial charge in [-0.05, 0) is 18.6 Å². The van der Waals surface area contributed by atoms with Gasteiger partial charge >= 0.3 is 11.9 Å². The number of Topliss-reactive ketones (excluding diaryl/α,β-unsaturated/α-hetero) is 2. The van der Waals surface area contributed by atoms with E-state index in [0.717, 1.165) is 23.4 Å². The molecule has 0 aliphatic rings. The van der Waals surface area contributed by atoms with Gasteiger partial charge in [-0.2, -0.15) is 0 Å². The maximum atomic E-state index is 11.0. The zero-order valence-electron chi connectivity index (χ0n) is 12.1. The van der Waals surface area contributed by atoms with E-state index >= 15 is 0 Å². The third-order valence-corrected chi connectivity index (χ3v) is 2.85. The molecule has 1 aromatic carbocycles. The molecule has 2 rings (SSSR count). The summed E-state index contributed by atoms with van der Waals surface area (Å²) < 4.78 is 0. The molecule has 8 heteroatoms. The second kappa shape index (κ2) is 7.85. The van der Waals surface area contributed by atoms with Gasteiger partial charge in [0, 0.05) is 23.5 Å². The molecule has 0 aliphatic carbocycles. The van der Waals surface area contributed by atoms with Crippen LogP contribution in [-0.2, 0) is 25.6 Å². The second-order valence-electron chi connectivity index (χ2n) is 4.61. The zero-order valence-corrected chi connectivity index (χ0v) is 12.1. The van der Waals surface area contributed by atoms with Crippen LogP contribution in [-0.4, -0.2) is 49.9 Å². The number of para-hydroxylation sites is 1. The Morgan fingerprint density at radius 2 is 1.70 bits per heavy atom. The summed E-state index contributed by atoms with van der Waals surface area (Å²) in [5.41, 5.74) is 1.63. The molecular formula is C15H15NO7. The third kappa shape index (κ3) is 5.04. The Kier molecular flexibility index (Phi) is 6.16. The lowest BCUT2D eigenvalue weighted by Gasteiger charge is -1.94. The van der Waals surface area contributed by atoms with Gasteiger partial charge in [0.15, 0.2) is 0 Å². The molecule has 0 spiro atoms. The largest absolute Gasteiger partial charge is 0.475 e. The van der Waals surface area contributed by atoms with Crippen LogP contribution in [0, 0.1) is 0 Å². The maximum absolute atomic E-state index is 11.0. The smallest absolute Gasteiger partial charge is 0.374 e. The highest BCUT2D eigenvalue weighted by atomic mass is 16.4. The van der Waals surface area contributed by atoms with Gasteiger partial charge in [-0.15, -0.1) is 0 Å². The quantitative estimate of drug-likeness (QED) is 0.583. The van der Waals surface area contributed by atoms with E-state index in [1.54, 1.807) is 6.20 Å². The number of benzene rings is 1. The standard InChI is InChI=1S/C11H9NO3.C4H6O4/c13-10(11(14)15)5-7-6-12-9-4-2-1-3-8(7)9;1-2(5)3(6)4(7)8/h1-4,6,12H,5H2,(H,14,15);2,5H,1H3,(H,7,8). The molecule has 8 nitrogen and oxygen atoms in total. The summed E-state index contributed by atoms with van der Waals surface area (Å²) in [6.07, 6.45) is 0.206. The van der Waals surface area contributed by atoms with Gasteiger partial charge in [-0.3, -0.25) is 9.59 Å². The maximum Gasteiger partial charge on any atom is 0.374 e. The van der Waals surface area contributed by atoms with Crippen molar-refractivity contribution >= 4 is 34.4 Å². The normalized spacial score (nSPS) is 11.2. The van der Waals surface area contributed by atoms with Gasteiger partial charge in [-0.25, -0.2) is 9.59 Å². The summed E-state index contributed by atoms with van der Waals surface area (Å²) in [7, 11) is 0. The summed E-state index contributed by atoms with van der Waals surface area (Å²) in [5.74, 6) is -4.95. The highest BCUT2D eigenvalue weighted by Gasteiger charge is 2.16. The average Bonchev–Trinajstić information content (AvgIpc) is 2.90. The Morgan fingerprint density at radius 3 is 2.17 bits per heavy atom. The van der Waals surface area contributed by atoms with Gasteiger partial charge in [-0.1, -0.05) is 18.2 Å². The van der Waals surface area contributed by atoms with Gasteiger partial charge in [0.25, 0.3) is 5.78 Å². The number of rotatable bonds is 5. The van der Waals surface area contributed by atoms with Crippen molar-refractivity contribution in [3.63, 3.8) is 0 Å². The Hall–Kier alpha value is -3.00. The van der Waals surface area contributed by atoms with E-state index in [2.05, 4.69) is 4.98 Å². The van der Waals surface area contributed by atoms with Crippen LogP contribution in [0.25, 0.3) is 10.9 Å². The summed E-state index contributed by atoms with van der Waals surface area (Å²) >= 11 is 0. The fraction of sp³-hybridized carbons (Fsp3) is 0.200. The number of carboxylic acids is 2. The lowest BCUT2D eigenvalue weighted by Crippen LogP contribution is -2.24. The molecule has 23 heavy (non-hydrogen) atoms. The van der Waals surface area contributed by atoms with Crippen molar-refractivity contribution in [1.29, 1.82) is 0 Å². The minimum atomic E-state index is -1.60. The Bertz CT molecular complexity index is 745. The number of carbonyl (C=O) groups is 4. The van der Waals surface area contributed by atoms with Crippen molar-refractivity contribution < 1.29 is 34.5 Å². The van der Waals surface area contributed by atoms with Crippen LogP contribution in [0.4, 0.5) is 0 Å². The molecule has 0 fully saturated rings. The number of aliphatic hydroxyl groups excluding tert-OH is 1. The van der Waals surface area contributed by atoms with Crippen LogP contribution in [0.1, 0.15) is 12.5 Å². The summed E-state index contributed by atoms with van der Waals surface area (Å²) in [5, 5.41) is 25.5. The number of hydrogen-bond donors (Lipinski definition) is 4. The predicted octanol–water partition coefficient (Wildman–Crippen LogP) is 0.385. The van der Waals surface area contributed by atoms with Gasteiger partial charge < -0.3 is 20.3 Å². The average molecular weight is 321 g/mol. The monoisotopic (exact) mass is 321 g/mol. The predicted molar refractivity (Wildman–Crippen MR) is 79.0 cm³/mol. The third-order valence-electron chi connectivity index (χ3n) is 2.85. The number of aliphatic carboxylic acids is 2. The first-order valence-electron chi connectivity index (χ1n) is 6.50. The summed E-state index contributed by atoms with van der Waals surface area (Å²) in [4.78, 5) is 44.1. The van der Waals surface area contributed by atoms with Crippen LogP contribution in [0.15, 0.2) is 30.5 Å². The lowest BCUT2D eigenvalue weighted by atomic mass is 10.1. The SMILES string of the molecule is CC(O)C(=O)C(=O)O.O=C(O)C(=O)Cc1c[nH]c2ccccc12. The van der Waals surface area contributed by atoms with Crippen molar-refractivity contribution in [3.8, 4) is 0 Å². The van der Waals surface area contributed by atoms with Gasteiger partial charge in [0.1, 0.15) is 6.10 Å². The molecule has 122 valence electrons. The van der Waals surface area contributed by atoms with E-state index in [1.807, 2.05) is 24.3 Å². The highest BCUT2D eigenvalue weighted by Crippen LogP contribution is 2.18. The van der Waals surface area contributed by atoms with E-state index in [0.29, 0.717) is 0 Å². The summed E-state index contributed by atoms with van der Waals surface area (Å²) in [6.45, 7) is 1.11. The van der Waals surface area contributed by atoms with Crippen LogP contribution >= 0.6 is 0 Å². The Balaban J connectivity index is 0.000000284. The molecule has 0 aliphatic heterocycles. The number of aliphatic hydroxyl groups is 1. The molecule has 4 N–H and O–H groups in total. The number of nitrogens with one attached hydrogen (secondary N) is 1. The number of fused-ring (bicyclic) bond motifs is 1. The second-order valence-corrected chi connectivity index (χ2v) is 4.61. The number of ketones is 2. The Morgan fingerprint density at radius 1 is 1.09 bits per heavy atom. The first kappa shape index (κ1) is 18.1. The number of carboxylic acid groups (broad SMARTS) is 2. The molecule has 1 heterocycles. The Labute approximate surface area is 130 Å². The number of carbonyl (C=O) groups excluding carboxylic acids is 2. The van der Waals surface area contributed by atoms with E-state index < -0.39 is 29.6 Å². The van der Waals surface area contributed by atoms with E-state index in [1.165, 1.54) is 0 Å². The fourth-order valence-electron chi connectivity index (χ4n) is 1.71. The van der Waals surface area contributed by atoms with Crippen molar-refractivity contribution in [3.05, 3.63) is 36.0 Å². The molecule has 1 unspecified atom stereocenters. The minimum Gasteiger partial charge on any atom is -0.475 e. The van der Waals surface area contributed by atoms with Gasteiger partial charge in [0.05, 0.1) is 0 Å². The number of aromatic amines is 1. The lowest BCUT2D eigenvalue weighted by molar-refractivity contribution is -0.152. The van der Waals surface area contributed by atoms with Crippen molar-refractivity contribution in [1.82, 2.24) is 4.98 Å². The van der Waals surface area contributed by atoms with E-state index in [9.17, 15) is 19.2 Å². The molecule has 0 bridgehead atoms. The first-order chi connectivity index (χ1) is 10.7. The molecule has 0 amide bonds. The number of hydrogen-bond acceptors (Lipinski definition) is 5. The van der Waals surface area contributed by atoms with Crippen molar-refractivity contribution in [2.45, 2.75) is 19.4 Å². The molecule has 1 atom stereocenters. The molecule has 0 radical (unpaired) electrons. The van der Waals surface area contributed by atoms with Crippen LogP contribution in [0.2, 0.25) is 0 Å². The number of aromatic nitrogens is 1. The molecule has 2 aromatic rings. The topological polar surface area (TPSA) is 145 Å². The number of H-pyrrole nitrogens is 1. The molecular weight excluding hydrogens is 306 g/mol. The van der Waals surface area contributed by atoms with E-state index in [-0.39, 0.29) is 6.42 Å². The van der Waals surface area contributed by atoms with Crippen LogP contribution in [0.3, 0.4) is 0 Å². The fourth-order valence-corrected chi connectivity index (χ4v) is 1.71. The highest BCUT2D eigenvalue weighted by molar-refractivity contribution is 6.34. The van der Waals surface area contributed by atoms with Crippen LogP contribution in [0.5, 0.6) is 0 Å². The molecule has 0 saturated heterocycles. The van der Waals surface area contributed by atoms with Crippen molar-refractivity contribution in [2.24, 2.45) is 0 Å².